The second kappa shape index (κ2) is 10.8. The monoisotopic (exact) mass is 403 g/mol. The molecule has 1 aromatic carbocycles. The van der Waals surface area contributed by atoms with Gasteiger partial charge in [-0.3, -0.25) is 14.7 Å². The Kier molecular flexibility index (Phi) is 8.50. The van der Waals surface area contributed by atoms with E-state index in [0.29, 0.717) is 17.8 Å². The van der Waals surface area contributed by atoms with Crippen LogP contribution in [0.25, 0.3) is 0 Å². The molecule has 0 saturated heterocycles. The van der Waals surface area contributed by atoms with E-state index in [2.05, 4.69) is 39.7 Å². The van der Waals surface area contributed by atoms with E-state index in [0.717, 1.165) is 18.0 Å². The van der Waals surface area contributed by atoms with E-state index >= 15 is 0 Å². The summed E-state index contributed by atoms with van der Waals surface area (Å²) in [5.74, 6) is 1.90. The average Bonchev–Trinajstić information content (AvgIpc) is 3.21. The van der Waals surface area contributed by atoms with Gasteiger partial charge >= 0.3 is 0 Å². The van der Waals surface area contributed by atoms with Crippen molar-refractivity contribution < 1.29 is 9.59 Å². The maximum Gasteiger partial charge on any atom is 0.251 e. The molecule has 152 valence electrons. The fourth-order valence-corrected chi connectivity index (χ4v) is 3.07. The Morgan fingerprint density at radius 3 is 2.54 bits per heavy atom. The van der Waals surface area contributed by atoms with Gasteiger partial charge in [-0.25, -0.2) is 4.98 Å². The van der Waals surface area contributed by atoms with Crippen molar-refractivity contribution >= 4 is 23.6 Å². The largest absolute Gasteiger partial charge is 0.345 e. The number of benzene rings is 1. The number of aromatic amines is 1. The van der Waals surface area contributed by atoms with Gasteiger partial charge < -0.3 is 10.6 Å². The average molecular weight is 404 g/mol. The summed E-state index contributed by atoms with van der Waals surface area (Å²) in [6.45, 7) is 5.99. The van der Waals surface area contributed by atoms with Crippen molar-refractivity contribution in [3.05, 3.63) is 47.5 Å². The topological polar surface area (TPSA) is 99.8 Å². The van der Waals surface area contributed by atoms with Crippen molar-refractivity contribution in [3.8, 4) is 0 Å². The van der Waals surface area contributed by atoms with Crippen LogP contribution < -0.4 is 10.6 Å². The third kappa shape index (κ3) is 6.09. The van der Waals surface area contributed by atoms with E-state index in [4.69, 9.17) is 0 Å². The van der Waals surface area contributed by atoms with Gasteiger partial charge in [0, 0.05) is 11.5 Å². The Hall–Kier alpha value is -2.35. The van der Waals surface area contributed by atoms with Gasteiger partial charge in [0.2, 0.25) is 5.91 Å². The Bertz CT molecular complexity index is 765. The lowest BCUT2D eigenvalue weighted by atomic mass is 10.1. The molecule has 0 fully saturated rings. The summed E-state index contributed by atoms with van der Waals surface area (Å²) >= 11 is 1.63. The van der Waals surface area contributed by atoms with E-state index < -0.39 is 6.04 Å². The molecule has 7 nitrogen and oxygen atoms in total. The number of amides is 2. The van der Waals surface area contributed by atoms with Crippen LogP contribution in [0.2, 0.25) is 0 Å². The molecule has 1 heterocycles. The summed E-state index contributed by atoms with van der Waals surface area (Å²) in [7, 11) is 0. The molecule has 3 atom stereocenters. The minimum absolute atomic E-state index is 0.229. The van der Waals surface area contributed by atoms with Crippen LogP contribution in [-0.2, 0) is 4.79 Å². The molecule has 0 aliphatic carbocycles. The van der Waals surface area contributed by atoms with Gasteiger partial charge in [0.05, 0.1) is 6.04 Å². The molecule has 2 amide bonds. The quantitative estimate of drug-likeness (QED) is 0.566. The van der Waals surface area contributed by atoms with Crippen molar-refractivity contribution in [2.24, 2.45) is 0 Å². The first-order chi connectivity index (χ1) is 13.5. The van der Waals surface area contributed by atoms with Crippen LogP contribution in [0.15, 0.2) is 30.3 Å². The molecule has 0 unspecified atom stereocenters. The molecule has 1 aromatic heterocycles. The van der Waals surface area contributed by atoms with Crippen LogP contribution in [0, 0.1) is 0 Å². The van der Waals surface area contributed by atoms with Crippen LogP contribution in [0.5, 0.6) is 0 Å². The highest BCUT2D eigenvalue weighted by Gasteiger charge is 2.24. The fraction of sp³-hybridized carbons (Fsp3) is 0.500. The number of thioether (sulfide) groups is 1. The molecule has 2 rings (SSSR count). The summed E-state index contributed by atoms with van der Waals surface area (Å²) in [5, 5.41) is 12.9. The SMILES string of the molecule is CC[C@H](C)c1n[nH]c([C@@H](C)NC(=O)[C@@H](CCSC)NC(=O)c2ccccc2)n1. The van der Waals surface area contributed by atoms with Gasteiger partial charge in [0.25, 0.3) is 5.91 Å². The van der Waals surface area contributed by atoms with E-state index in [1.54, 1.807) is 36.0 Å². The summed E-state index contributed by atoms with van der Waals surface area (Å²) in [6.07, 6.45) is 3.47. The first-order valence-electron chi connectivity index (χ1n) is 9.53. The normalized spacial score (nSPS) is 14.1. The van der Waals surface area contributed by atoms with Crippen molar-refractivity contribution in [1.82, 2.24) is 25.8 Å². The molecular weight excluding hydrogens is 374 g/mol. The Morgan fingerprint density at radius 2 is 1.89 bits per heavy atom. The van der Waals surface area contributed by atoms with Gasteiger partial charge in [0.15, 0.2) is 5.82 Å². The molecule has 0 aliphatic rings. The second-order valence-electron chi connectivity index (χ2n) is 6.79. The smallest absolute Gasteiger partial charge is 0.251 e. The minimum atomic E-state index is -0.612. The number of hydrogen-bond donors (Lipinski definition) is 3. The van der Waals surface area contributed by atoms with Gasteiger partial charge in [-0.15, -0.1) is 0 Å². The Morgan fingerprint density at radius 1 is 1.18 bits per heavy atom. The zero-order valence-electron chi connectivity index (χ0n) is 16.9. The number of rotatable bonds is 10. The van der Waals surface area contributed by atoms with Gasteiger partial charge in [-0.05, 0) is 43.9 Å². The first kappa shape index (κ1) is 21.9. The number of carbonyl (C=O) groups is 2. The van der Waals surface area contributed by atoms with Crippen LogP contribution in [0.4, 0.5) is 0 Å². The summed E-state index contributed by atoms with van der Waals surface area (Å²) in [4.78, 5) is 29.8. The second-order valence-corrected chi connectivity index (χ2v) is 7.78. The molecule has 0 bridgehead atoms. The zero-order valence-corrected chi connectivity index (χ0v) is 17.7. The lowest BCUT2D eigenvalue weighted by molar-refractivity contribution is -0.123. The zero-order chi connectivity index (χ0) is 20.5. The minimum Gasteiger partial charge on any atom is -0.345 e. The van der Waals surface area contributed by atoms with Gasteiger partial charge in [0.1, 0.15) is 11.9 Å². The van der Waals surface area contributed by atoms with E-state index in [9.17, 15) is 9.59 Å². The maximum absolute atomic E-state index is 12.8. The number of carbonyl (C=O) groups excluding carboxylic acids is 2. The fourth-order valence-electron chi connectivity index (χ4n) is 2.60. The third-order valence-corrected chi connectivity index (χ3v) is 5.25. The van der Waals surface area contributed by atoms with Crippen LogP contribution in [-0.4, -0.2) is 45.0 Å². The first-order valence-corrected chi connectivity index (χ1v) is 10.9. The summed E-state index contributed by atoms with van der Waals surface area (Å²) < 4.78 is 0. The highest BCUT2D eigenvalue weighted by molar-refractivity contribution is 7.98. The maximum atomic E-state index is 12.8. The highest BCUT2D eigenvalue weighted by Crippen LogP contribution is 2.16. The lowest BCUT2D eigenvalue weighted by Crippen LogP contribution is -2.47. The predicted molar refractivity (Wildman–Crippen MR) is 112 cm³/mol. The number of H-pyrrole nitrogens is 1. The number of aromatic nitrogens is 3. The molecule has 0 radical (unpaired) electrons. The predicted octanol–water partition coefficient (Wildman–Crippen LogP) is 3.05. The molecule has 8 heteroatoms. The third-order valence-electron chi connectivity index (χ3n) is 4.61. The van der Waals surface area contributed by atoms with E-state index in [1.807, 2.05) is 19.2 Å². The lowest BCUT2D eigenvalue weighted by Gasteiger charge is -2.20. The standard InChI is InChI=1S/C20H29N5O2S/c1-5-13(2)17-23-18(25-24-17)14(3)21-20(27)16(11-12-28-4)22-19(26)15-9-7-6-8-10-15/h6-10,13-14,16H,5,11-12H2,1-4H3,(H,21,27)(H,22,26)(H,23,24,25)/t13-,14+,16+/m0/s1. The Balaban J connectivity index is 2.03. The van der Waals surface area contributed by atoms with Crippen LogP contribution in [0.3, 0.4) is 0 Å². The Labute approximate surface area is 170 Å². The molecular formula is C20H29N5O2S. The highest BCUT2D eigenvalue weighted by atomic mass is 32.2. The molecule has 28 heavy (non-hydrogen) atoms. The summed E-state index contributed by atoms with van der Waals surface area (Å²) in [6, 6.07) is 7.96. The van der Waals surface area contributed by atoms with Crippen molar-refractivity contribution in [2.45, 2.75) is 51.6 Å². The molecule has 0 spiro atoms. The van der Waals surface area contributed by atoms with Crippen molar-refractivity contribution in [1.29, 1.82) is 0 Å². The van der Waals surface area contributed by atoms with Gasteiger partial charge in [-0.2, -0.15) is 16.9 Å². The molecule has 0 saturated carbocycles. The summed E-state index contributed by atoms with van der Waals surface area (Å²) in [5.41, 5.74) is 0.533. The van der Waals surface area contributed by atoms with E-state index in [1.165, 1.54) is 0 Å². The number of nitrogens with zero attached hydrogens (tertiary/aromatic N) is 2. The number of nitrogens with one attached hydrogen (secondary N) is 3. The van der Waals surface area contributed by atoms with Crippen LogP contribution in [0.1, 0.15) is 67.6 Å². The van der Waals surface area contributed by atoms with Crippen molar-refractivity contribution in [3.63, 3.8) is 0 Å². The van der Waals surface area contributed by atoms with Crippen LogP contribution >= 0.6 is 11.8 Å². The van der Waals surface area contributed by atoms with Crippen molar-refractivity contribution in [2.75, 3.05) is 12.0 Å². The number of hydrogen-bond acceptors (Lipinski definition) is 5. The molecule has 3 N–H and O–H groups in total. The molecule has 0 aliphatic heterocycles. The molecule has 2 aromatic rings. The van der Waals surface area contributed by atoms with E-state index in [-0.39, 0.29) is 23.8 Å². The van der Waals surface area contributed by atoms with Gasteiger partial charge in [-0.1, -0.05) is 32.0 Å².